The summed E-state index contributed by atoms with van der Waals surface area (Å²) in [4.78, 5) is 23.6. The highest BCUT2D eigenvalue weighted by Crippen LogP contribution is 2.21. The van der Waals surface area contributed by atoms with Gasteiger partial charge in [0.15, 0.2) is 5.82 Å². The number of amides is 1. The molecule has 37 heavy (non-hydrogen) atoms. The summed E-state index contributed by atoms with van der Waals surface area (Å²) in [5.41, 5.74) is 1.61. The number of Topliss-reactive ketones (excluding diaryl/α,β-unsaturated/α-hetero) is 1. The van der Waals surface area contributed by atoms with Crippen molar-refractivity contribution in [3.05, 3.63) is 60.8 Å². The molecule has 0 aromatic carbocycles. The maximum Gasteiger partial charge on any atom is 0.410 e. The monoisotopic (exact) mass is 530 g/mol. The normalized spacial score (nSPS) is 14.8. The van der Waals surface area contributed by atoms with Gasteiger partial charge in [0, 0.05) is 30.5 Å². The van der Waals surface area contributed by atoms with E-state index in [1.807, 2.05) is 54.5 Å². The largest absolute Gasteiger partial charge is 0.443 e. The second-order valence-electron chi connectivity index (χ2n) is 8.58. The quantitative estimate of drug-likeness (QED) is 0.318. The molecule has 204 valence electrons. The lowest BCUT2D eigenvalue weighted by Crippen LogP contribution is -2.38. The third-order valence-corrected chi connectivity index (χ3v) is 5.94. The summed E-state index contributed by atoms with van der Waals surface area (Å²) in [5.74, 6) is 3.36. The van der Waals surface area contributed by atoms with E-state index in [1.54, 1.807) is 11.0 Å². The number of rotatable bonds is 12. The van der Waals surface area contributed by atoms with Gasteiger partial charge in [0.1, 0.15) is 18.2 Å². The van der Waals surface area contributed by atoms with Gasteiger partial charge in [-0.1, -0.05) is 57.4 Å². The Morgan fingerprint density at radius 1 is 1.19 bits per heavy atom. The molecule has 0 bridgehead atoms. The average Bonchev–Trinajstić information content (AvgIpc) is 3.30. The molecule has 1 unspecified atom stereocenters. The fourth-order valence-electron chi connectivity index (χ4n) is 3.19. The van der Waals surface area contributed by atoms with Crippen LogP contribution in [0.4, 0.5) is 4.79 Å². The molecule has 0 aliphatic carbocycles. The van der Waals surface area contributed by atoms with Gasteiger partial charge in [0.2, 0.25) is 0 Å². The highest BCUT2D eigenvalue weighted by atomic mass is 32.2. The van der Waals surface area contributed by atoms with Gasteiger partial charge >= 0.3 is 6.09 Å². The minimum Gasteiger partial charge on any atom is -0.443 e. The van der Waals surface area contributed by atoms with Crippen molar-refractivity contribution in [1.29, 1.82) is 0 Å². The van der Waals surface area contributed by atoms with Gasteiger partial charge in [-0.05, 0) is 38.8 Å². The lowest BCUT2D eigenvalue weighted by atomic mass is 10.1. The van der Waals surface area contributed by atoms with E-state index in [0.717, 1.165) is 23.5 Å². The third kappa shape index (κ3) is 12.3. The lowest BCUT2D eigenvalue weighted by Gasteiger charge is -2.26. The molecule has 0 spiro atoms. The standard InChI is InChI=1S/C25H36N4O3S.C3H6O/c1-6-9-10-12-22(8-3)19-31-17-20(4)24-27-26-23(11-7-2)29(24)21(5)18-32-25(30)28-13-15-33-16-14-28;1-3(2)4/h7-12,20H,3,5-6,13-19H2,1-2,4H3;1-2H3/b10-9-,11-7-,22-12+;. The molecule has 1 aromatic heterocycles. The molecule has 2 rings (SSSR count). The van der Waals surface area contributed by atoms with Gasteiger partial charge in [-0.25, -0.2) is 4.79 Å². The maximum absolute atomic E-state index is 12.4. The number of thioether (sulfide) groups is 1. The number of aromatic nitrogens is 3. The number of carbonyl (C=O) groups is 2. The number of nitrogens with zero attached hydrogens (tertiary/aromatic N) is 4. The summed E-state index contributed by atoms with van der Waals surface area (Å²) >= 11 is 1.85. The van der Waals surface area contributed by atoms with Gasteiger partial charge in [0.25, 0.3) is 0 Å². The van der Waals surface area contributed by atoms with Crippen LogP contribution in [0.15, 0.2) is 49.1 Å². The van der Waals surface area contributed by atoms with Gasteiger partial charge in [-0.2, -0.15) is 11.8 Å². The number of ether oxygens (including phenoxy) is 2. The second-order valence-corrected chi connectivity index (χ2v) is 9.80. The molecule has 1 fully saturated rings. The summed E-state index contributed by atoms with van der Waals surface area (Å²) in [7, 11) is 0. The summed E-state index contributed by atoms with van der Waals surface area (Å²) in [6.07, 6.45) is 12.3. The number of carbonyl (C=O) groups excluding carboxylic acids is 2. The van der Waals surface area contributed by atoms with Crippen LogP contribution in [-0.4, -0.2) is 76.0 Å². The zero-order valence-electron chi connectivity index (χ0n) is 22.9. The minimum absolute atomic E-state index is 0.0414. The molecule has 1 aliphatic rings. The molecular weight excluding hydrogens is 488 g/mol. The van der Waals surface area contributed by atoms with Crippen LogP contribution in [0.2, 0.25) is 0 Å². The zero-order valence-corrected chi connectivity index (χ0v) is 23.8. The molecule has 0 saturated carbocycles. The molecule has 1 aromatic rings. The first-order chi connectivity index (χ1) is 17.7. The van der Waals surface area contributed by atoms with Crippen molar-refractivity contribution in [1.82, 2.24) is 19.7 Å². The molecule has 1 saturated heterocycles. The van der Waals surface area contributed by atoms with Crippen molar-refractivity contribution in [2.75, 3.05) is 44.4 Å². The smallest absolute Gasteiger partial charge is 0.410 e. The van der Waals surface area contributed by atoms with Crippen molar-refractivity contribution in [2.45, 2.75) is 47.0 Å². The molecule has 2 heterocycles. The number of hydrogen-bond acceptors (Lipinski definition) is 7. The van der Waals surface area contributed by atoms with Gasteiger partial charge in [-0.3, -0.25) is 4.57 Å². The van der Waals surface area contributed by atoms with Crippen LogP contribution in [0.3, 0.4) is 0 Å². The topological polar surface area (TPSA) is 86.6 Å². The van der Waals surface area contributed by atoms with Crippen LogP contribution >= 0.6 is 11.8 Å². The third-order valence-electron chi connectivity index (χ3n) is 5.00. The molecule has 0 radical (unpaired) electrons. The first-order valence-electron chi connectivity index (χ1n) is 12.5. The van der Waals surface area contributed by atoms with Crippen molar-refractivity contribution in [3.63, 3.8) is 0 Å². The number of allylic oxidation sites excluding steroid dienone is 4. The summed E-state index contributed by atoms with van der Waals surface area (Å²) < 4.78 is 13.3. The molecule has 1 amide bonds. The van der Waals surface area contributed by atoms with E-state index in [-0.39, 0.29) is 24.4 Å². The predicted octanol–water partition coefficient (Wildman–Crippen LogP) is 5.76. The highest BCUT2D eigenvalue weighted by molar-refractivity contribution is 7.99. The first-order valence-corrected chi connectivity index (χ1v) is 13.7. The molecule has 1 aliphatic heterocycles. The SMILES string of the molecule is C=C/C(=C\C=C/CC)COCC(C)c1nnc(/C=C\C)n1C(=C)COC(=O)N1CCSCC1.CC(C)=O. The lowest BCUT2D eigenvalue weighted by molar-refractivity contribution is -0.115. The average molecular weight is 531 g/mol. The van der Waals surface area contributed by atoms with E-state index in [2.05, 4.69) is 36.4 Å². The first kappa shape index (κ1) is 32.1. The van der Waals surface area contributed by atoms with E-state index in [1.165, 1.54) is 13.8 Å². The van der Waals surface area contributed by atoms with E-state index < -0.39 is 0 Å². The Morgan fingerprint density at radius 3 is 2.46 bits per heavy atom. The van der Waals surface area contributed by atoms with Crippen LogP contribution in [0.25, 0.3) is 11.8 Å². The Balaban J connectivity index is 0.00000159. The molecule has 9 heteroatoms. The Labute approximate surface area is 226 Å². The Kier molecular flexibility index (Phi) is 15.9. The van der Waals surface area contributed by atoms with Crippen LogP contribution in [-0.2, 0) is 14.3 Å². The fourth-order valence-corrected chi connectivity index (χ4v) is 4.09. The number of ketones is 1. The van der Waals surface area contributed by atoms with E-state index >= 15 is 0 Å². The summed E-state index contributed by atoms with van der Waals surface area (Å²) in [6, 6.07) is 0. The van der Waals surface area contributed by atoms with E-state index in [4.69, 9.17) is 9.47 Å². The fraction of sp³-hybridized carbons (Fsp3) is 0.500. The van der Waals surface area contributed by atoms with Crippen molar-refractivity contribution < 1.29 is 19.1 Å². The van der Waals surface area contributed by atoms with Gasteiger partial charge in [-0.15, -0.1) is 10.2 Å². The Bertz CT molecular complexity index is 971. The maximum atomic E-state index is 12.4. The molecule has 8 nitrogen and oxygen atoms in total. The highest BCUT2D eigenvalue weighted by Gasteiger charge is 2.22. The van der Waals surface area contributed by atoms with Crippen LogP contribution < -0.4 is 0 Å². The van der Waals surface area contributed by atoms with Gasteiger partial charge in [0.05, 0.1) is 18.9 Å². The Hall–Kier alpha value is -2.91. The summed E-state index contributed by atoms with van der Waals surface area (Å²) in [6.45, 7) is 19.5. The summed E-state index contributed by atoms with van der Waals surface area (Å²) in [5, 5.41) is 8.67. The van der Waals surface area contributed by atoms with Crippen molar-refractivity contribution >= 4 is 35.4 Å². The van der Waals surface area contributed by atoms with E-state index in [0.29, 0.717) is 43.6 Å². The number of hydrogen-bond donors (Lipinski definition) is 0. The Morgan fingerprint density at radius 2 is 1.86 bits per heavy atom. The van der Waals surface area contributed by atoms with Crippen LogP contribution in [0.5, 0.6) is 0 Å². The molecular formula is C28H42N4O4S. The molecule has 1 atom stereocenters. The van der Waals surface area contributed by atoms with Crippen LogP contribution in [0, 0.1) is 0 Å². The van der Waals surface area contributed by atoms with Gasteiger partial charge < -0.3 is 19.2 Å². The van der Waals surface area contributed by atoms with Crippen molar-refractivity contribution in [3.8, 4) is 0 Å². The van der Waals surface area contributed by atoms with Crippen LogP contribution in [0.1, 0.15) is 58.6 Å². The predicted molar refractivity (Wildman–Crippen MR) is 154 cm³/mol. The molecule has 0 N–H and O–H groups in total. The second kappa shape index (κ2) is 18.4. The van der Waals surface area contributed by atoms with Crippen molar-refractivity contribution in [2.24, 2.45) is 0 Å². The van der Waals surface area contributed by atoms with E-state index in [9.17, 15) is 9.59 Å². The minimum atomic E-state index is -0.309. The zero-order chi connectivity index (χ0) is 27.6.